The first-order valence-corrected chi connectivity index (χ1v) is 3.00. The van der Waals surface area contributed by atoms with Gasteiger partial charge in [0.1, 0.15) is 0 Å². The zero-order valence-electron chi connectivity index (χ0n) is 5.50. The van der Waals surface area contributed by atoms with E-state index < -0.39 is 0 Å². The molecule has 0 bridgehead atoms. The molecule has 50 valence electrons. The van der Waals surface area contributed by atoms with E-state index in [0.29, 0.717) is 6.42 Å². The van der Waals surface area contributed by atoms with E-state index in [0.717, 1.165) is 12.8 Å². The van der Waals surface area contributed by atoms with Crippen LogP contribution in [0.4, 0.5) is 0 Å². The van der Waals surface area contributed by atoms with E-state index in [1.807, 2.05) is 6.07 Å². The van der Waals surface area contributed by atoms with Crippen LogP contribution in [0.3, 0.4) is 0 Å². The van der Waals surface area contributed by atoms with Gasteiger partial charge in [0.05, 0.1) is 12.1 Å². The van der Waals surface area contributed by atoms with Crippen LogP contribution in [0.2, 0.25) is 0 Å². The van der Waals surface area contributed by atoms with Crippen molar-refractivity contribution in [2.24, 2.45) is 5.18 Å². The fourth-order valence-electron chi connectivity index (χ4n) is 0.529. The molecule has 0 saturated heterocycles. The quantitative estimate of drug-likeness (QED) is 0.426. The van der Waals surface area contributed by atoms with Crippen molar-refractivity contribution in [2.75, 3.05) is 0 Å². The van der Waals surface area contributed by atoms with E-state index in [4.69, 9.17) is 5.26 Å². The van der Waals surface area contributed by atoms with E-state index in [1.165, 1.54) is 0 Å². The Balaban J connectivity index is 3.08. The molecule has 3 nitrogen and oxygen atoms in total. The molecule has 1 unspecified atom stereocenters. The average molecular weight is 126 g/mol. The maximum absolute atomic E-state index is 9.77. The molecule has 0 aliphatic carbocycles. The number of nitriles is 1. The molecular formula is C6H10N2O. The largest absolute Gasteiger partial charge is 0.198 e. The molecule has 0 fully saturated rings. The number of nitroso groups, excluding NO2 is 1. The van der Waals surface area contributed by atoms with Gasteiger partial charge < -0.3 is 0 Å². The van der Waals surface area contributed by atoms with Crippen LogP contribution in [0.15, 0.2) is 5.18 Å². The first-order chi connectivity index (χ1) is 4.31. The highest BCUT2D eigenvalue weighted by molar-refractivity contribution is 4.70. The van der Waals surface area contributed by atoms with E-state index in [9.17, 15) is 4.91 Å². The van der Waals surface area contributed by atoms with Crippen molar-refractivity contribution in [3.05, 3.63) is 4.91 Å². The van der Waals surface area contributed by atoms with Crippen LogP contribution < -0.4 is 0 Å². The first kappa shape index (κ1) is 8.09. The van der Waals surface area contributed by atoms with Gasteiger partial charge in [-0.15, -0.1) is 0 Å². The summed E-state index contributed by atoms with van der Waals surface area (Å²) in [6.45, 7) is 1.75. The van der Waals surface area contributed by atoms with Gasteiger partial charge >= 0.3 is 0 Å². The molecule has 1 atom stereocenters. The summed E-state index contributed by atoms with van der Waals surface area (Å²) >= 11 is 0. The highest BCUT2D eigenvalue weighted by atomic mass is 16.3. The lowest BCUT2D eigenvalue weighted by Crippen LogP contribution is -1.94. The number of nitrogens with zero attached hydrogens (tertiary/aromatic N) is 2. The molecule has 0 saturated carbocycles. The van der Waals surface area contributed by atoms with Gasteiger partial charge in [-0.25, -0.2) is 0 Å². The number of hydrogen-bond acceptors (Lipinski definition) is 3. The lowest BCUT2D eigenvalue weighted by molar-refractivity contribution is 0.631. The highest BCUT2D eigenvalue weighted by Gasteiger charge is 1.97. The van der Waals surface area contributed by atoms with Gasteiger partial charge in [-0.05, 0) is 19.8 Å². The van der Waals surface area contributed by atoms with Crippen molar-refractivity contribution in [3.8, 4) is 6.07 Å². The smallest absolute Gasteiger partial charge is 0.0892 e. The summed E-state index contributed by atoms with van der Waals surface area (Å²) in [5, 5.41) is 10.9. The Kier molecular flexibility index (Phi) is 4.70. The maximum atomic E-state index is 9.77. The lowest BCUT2D eigenvalue weighted by atomic mass is 10.2. The van der Waals surface area contributed by atoms with Crippen LogP contribution in [-0.4, -0.2) is 6.04 Å². The van der Waals surface area contributed by atoms with Crippen molar-refractivity contribution in [2.45, 2.75) is 32.2 Å². The van der Waals surface area contributed by atoms with Crippen molar-refractivity contribution < 1.29 is 0 Å². The molecular weight excluding hydrogens is 116 g/mol. The molecule has 0 aliphatic rings. The molecule has 0 spiro atoms. The zero-order valence-corrected chi connectivity index (χ0v) is 5.50. The molecule has 0 aromatic rings. The van der Waals surface area contributed by atoms with Crippen molar-refractivity contribution in [3.63, 3.8) is 0 Å². The van der Waals surface area contributed by atoms with E-state index >= 15 is 0 Å². The molecule has 0 heterocycles. The predicted molar refractivity (Wildman–Crippen MR) is 34.7 cm³/mol. The van der Waals surface area contributed by atoms with Crippen LogP contribution in [0.5, 0.6) is 0 Å². The fraction of sp³-hybridized carbons (Fsp3) is 0.833. The Labute approximate surface area is 54.7 Å². The molecule has 0 aromatic carbocycles. The van der Waals surface area contributed by atoms with E-state index in [1.54, 1.807) is 6.92 Å². The van der Waals surface area contributed by atoms with Crippen LogP contribution in [0.25, 0.3) is 0 Å². The molecule has 0 N–H and O–H groups in total. The highest BCUT2D eigenvalue weighted by Crippen LogP contribution is 2.01. The maximum Gasteiger partial charge on any atom is 0.0892 e. The van der Waals surface area contributed by atoms with Gasteiger partial charge in [0.15, 0.2) is 0 Å². The summed E-state index contributed by atoms with van der Waals surface area (Å²) in [7, 11) is 0. The van der Waals surface area contributed by atoms with Crippen molar-refractivity contribution >= 4 is 0 Å². The van der Waals surface area contributed by atoms with Gasteiger partial charge in [-0.3, -0.25) is 0 Å². The Bertz CT molecular complexity index is 117. The van der Waals surface area contributed by atoms with Crippen molar-refractivity contribution in [1.82, 2.24) is 0 Å². The van der Waals surface area contributed by atoms with Crippen LogP contribution in [-0.2, 0) is 0 Å². The minimum absolute atomic E-state index is 0.127. The summed E-state index contributed by atoms with van der Waals surface area (Å²) in [6.07, 6.45) is 2.04. The number of unbranched alkanes of at least 4 members (excludes halogenated alkanes) is 1. The lowest BCUT2D eigenvalue weighted by Gasteiger charge is -1.95. The standard InChI is InChI=1S/C6H10N2O/c1-6(8-9)4-2-3-5-7/h6H,2-4H2,1H3. The third kappa shape index (κ3) is 4.95. The Morgan fingerprint density at radius 1 is 1.78 bits per heavy atom. The number of rotatable bonds is 4. The Morgan fingerprint density at radius 3 is 2.89 bits per heavy atom. The van der Waals surface area contributed by atoms with Gasteiger partial charge in [-0.2, -0.15) is 10.2 Å². The second-order valence-corrected chi connectivity index (χ2v) is 2.00. The van der Waals surface area contributed by atoms with Crippen molar-refractivity contribution in [1.29, 1.82) is 5.26 Å². The molecule has 0 aliphatic heterocycles. The van der Waals surface area contributed by atoms with E-state index in [2.05, 4.69) is 5.18 Å². The molecule has 3 heteroatoms. The van der Waals surface area contributed by atoms with Gasteiger partial charge in [0.25, 0.3) is 0 Å². The predicted octanol–water partition coefficient (Wildman–Crippen LogP) is 1.84. The minimum atomic E-state index is -0.127. The van der Waals surface area contributed by atoms with Crippen LogP contribution in [0, 0.1) is 16.2 Å². The summed E-state index contributed by atoms with van der Waals surface area (Å²) in [6, 6.07) is 1.88. The second-order valence-electron chi connectivity index (χ2n) is 2.00. The molecule has 0 radical (unpaired) electrons. The third-order valence-corrected chi connectivity index (χ3v) is 1.09. The molecule has 9 heavy (non-hydrogen) atoms. The van der Waals surface area contributed by atoms with Crippen LogP contribution in [0.1, 0.15) is 26.2 Å². The SMILES string of the molecule is CC(CCCC#N)N=O. The van der Waals surface area contributed by atoms with Gasteiger partial charge in [0.2, 0.25) is 0 Å². The monoisotopic (exact) mass is 126 g/mol. The first-order valence-electron chi connectivity index (χ1n) is 3.00. The fourth-order valence-corrected chi connectivity index (χ4v) is 0.529. The second kappa shape index (κ2) is 5.23. The minimum Gasteiger partial charge on any atom is -0.198 e. The average Bonchev–Trinajstić information content (AvgIpc) is 1.89. The summed E-state index contributed by atoms with van der Waals surface area (Å²) in [4.78, 5) is 9.77. The summed E-state index contributed by atoms with van der Waals surface area (Å²) < 4.78 is 0. The normalized spacial score (nSPS) is 12.0. The van der Waals surface area contributed by atoms with Gasteiger partial charge in [-0.1, -0.05) is 5.18 Å². The zero-order chi connectivity index (χ0) is 7.11. The molecule has 0 rings (SSSR count). The molecule has 0 aromatic heterocycles. The number of hydrogen-bond donors (Lipinski definition) is 0. The van der Waals surface area contributed by atoms with E-state index in [-0.39, 0.29) is 6.04 Å². The summed E-state index contributed by atoms with van der Waals surface area (Å²) in [5.41, 5.74) is 0. The Morgan fingerprint density at radius 2 is 2.44 bits per heavy atom. The van der Waals surface area contributed by atoms with Crippen LogP contribution >= 0.6 is 0 Å². The molecule has 0 amide bonds. The third-order valence-electron chi connectivity index (χ3n) is 1.09. The Hall–Kier alpha value is -0.910. The topological polar surface area (TPSA) is 53.2 Å². The van der Waals surface area contributed by atoms with Gasteiger partial charge in [0, 0.05) is 6.42 Å². The summed E-state index contributed by atoms with van der Waals surface area (Å²) in [5.74, 6) is 0.